The zero-order chi connectivity index (χ0) is 14.5. The largest absolute Gasteiger partial charge is 0.483 e. The molecule has 0 bridgehead atoms. The molecule has 1 aliphatic carbocycles. The van der Waals surface area contributed by atoms with Gasteiger partial charge in [-0.05, 0) is 52.4 Å². The first-order valence-electron chi connectivity index (χ1n) is 7.28. The number of rotatable bonds is 5. The molecule has 4 heteroatoms. The predicted molar refractivity (Wildman–Crippen MR) is 84.1 cm³/mol. The molecule has 0 radical (unpaired) electrons. The number of halogens is 1. The van der Waals surface area contributed by atoms with Crippen molar-refractivity contribution in [2.24, 2.45) is 0 Å². The monoisotopic (exact) mass is 339 g/mol. The zero-order valence-electron chi connectivity index (χ0n) is 12.1. The van der Waals surface area contributed by atoms with Crippen molar-refractivity contribution >= 4 is 21.8 Å². The Kier molecular flexibility index (Phi) is 5.46. The molecule has 0 saturated heterocycles. The van der Waals surface area contributed by atoms with E-state index in [1.807, 2.05) is 12.1 Å². The molecule has 1 saturated carbocycles. The van der Waals surface area contributed by atoms with Gasteiger partial charge in [0.25, 0.3) is 5.91 Å². The van der Waals surface area contributed by atoms with Crippen LogP contribution in [0.5, 0.6) is 5.75 Å². The molecule has 0 aliphatic heterocycles. The van der Waals surface area contributed by atoms with Gasteiger partial charge < -0.3 is 10.1 Å². The number of carbonyl (C=O) groups excluding carboxylic acids is 1. The first-order valence-corrected chi connectivity index (χ1v) is 8.07. The third-order valence-corrected chi connectivity index (χ3v) is 4.32. The minimum Gasteiger partial charge on any atom is -0.483 e. The van der Waals surface area contributed by atoms with E-state index in [4.69, 9.17) is 4.74 Å². The van der Waals surface area contributed by atoms with Crippen molar-refractivity contribution < 1.29 is 9.53 Å². The molecule has 20 heavy (non-hydrogen) atoms. The van der Waals surface area contributed by atoms with Gasteiger partial charge in [-0.2, -0.15) is 0 Å². The third-order valence-electron chi connectivity index (χ3n) is 3.70. The van der Waals surface area contributed by atoms with Crippen LogP contribution in [0.4, 0.5) is 0 Å². The molecule has 1 amide bonds. The van der Waals surface area contributed by atoms with E-state index in [0.717, 1.165) is 23.1 Å². The second kappa shape index (κ2) is 7.11. The number of hydrogen-bond acceptors (Lipinski definition) is 2. The lowest BCUT2D eigenvalue weighted by molar-refractivity contribution is -0.123. The van der Waals surface area contributed by atoms with Gasteiger partial charge in [0, 0.05) is 6.04 Å². The van der Waals surface area contributed by atoms with Crippen molar-refractivity contribution in [3.05, 3.63) is 28.2 Å². The molecule has 1 N–H and O–H groups in total. The molecule has 1 aromatic carbocycles. The number of benzene rings is 1. The maximum Gasteiger partial charge on any atom is 0.258 e. The second-order valence-corrected chi connectivity index (χ2v) is 6.54. The summed E-state index contributed by atoms with van der Waals surface area (Å²) in [6.07, 6.45) is 4.62. The zero-order valence-corrected chi connectivity index (χ0v) is 13.7. The Morgan fingerprint density at radius 2 is 2.10 bits per heavy atom. The molecule has 1 aromatic rings. The molecule has 0 atom stereocenters. The number of ether oxygens (including phenoxy) is 1. The fourth-order valence-electron chi connectivity index (χ4n) is 2.48. The molecule has 1 fully saturated rings. The van der Waals surface area contributed by atoms with Crippen LogP contribution in [0.15, 0.2) is 22.7 Å². The van der Waals surface area contributed by atoms with Crippen LogP contribution in [-0.2, 0) is 4.79 Å². The van der Waals surface area contributed by atoms with Crippen LogP contribution >= 0.6 is 15.9 Å². The fourth-order valence-corrected chi connectivity index (χ4v) is 2.99. The summed E-state index contributed by atoms with van der Waals surface area (Å²) in [5.74, 6) is 1.17. The highest BCUT2D eigenvalue weighted by atomic mass is 79.9. The van der Waals surface area contributed by atoms with E-state index in [2.05, 4.69) is 41.2 Å². The van der Waals surface area contributed by atoms with Crippen LogP contribution in [0, 0.1) is 0 Å². The predicted octanol–water partition coefficient (Wildman–Crippen LogP) is 4.01. The maximum absolute atomic E-state index is 11.8. The molecule has 0 aromatic heterocycles. The van der Waals surface area contributed by atoms with Gasteiger partial charge in [-0.25, -0.2) is 0 Å². The lowest BCUT2D eigenvalue weighted by Gasteiger charge is -2.14. The Labute approximate surface area is 129 Å². The van der Waals surface area contributed by atoms with Crippen molar-refractivity contribution in [3.63, 3.8) is 0 Å². The van der Waals surface area contributed by atoms with E-state index in [0.29, 0.717) is 12.0 Å². The normalized spacial score (nSPS) is 15.6. The molecule has 0 unspecified atom stereocenters. The van der Waals surface area contributed by atoms with E-state index in [-0.39, 0.29) is 12.5 Å². The summed E-state index contributed by atoms with van der Waals surface area (Å²) >= 11 is 3.50. The van der Waals surface area contributed by atoms with Gasteiger partial charge in [0.05, 0.1) is 4.47 Å². The van der Waals surface area contributed by atoms with E-state index >= 15 is 0 Å². The molecular formula is C16H22BrNO2. The first kappa shape index (κ1) is 15.4. The van der Waals surface area contributed by atoms with E-state index in [9.17, 15) is 4.79 Å². The molecule has 110 valence electrons. The number of nitrogens with one attached hydrogen (secondary N) is 1. The van der Waals surface area contributed by atoms with Gasteiger partial charge in [0.1, 0.15) is 5.75 Å². The van der Waals surface area contributed by atoms with Crippen LogP contribution in [0.25, 0.3) is 0 Å². The summed E-state index contributed by atoms with van der Waals surface area (Å²) in [4.78, 5) is 11.8. The summed E-state index contributed by atoms with van der Waals surface area (Å²) < 4.78 is 6.49. The Morgan fingerprint density at radius 3 is 2.70 bits per heavy atom. The van der Waals surface area contributed by atoms with E-state index in [1.54, 1.807) is 0 Å². The highest BCUT2D eigenvalue weighted by Gasteiger charge is 2.17. The van der Waals surface area contributed by atoms with Gasteiger partial charge in [-0.3, -0.25) is 4.79 Å². The average molecular weight is 340 g/mol. The average Bonchev–Trinajstić information content (AvgIpc) is 2.90. The standard InChI is InChI=1S/C16H22BrNO2/c1-11(2)12-7-8-15(14(17)9-12)20-10-16(19)18-13-5-3-4-6-13/h7-9,11,13H,3-6,10H2,1-2H3,(H,18,19). The molecular weight excluding hydrogens is 318 g/mol. The summed E-state index contributed by atoms with van der Waals surface area (Å²) in [6, 6.07) is 6.36. The maximum atomic E-state index is 11.8. The highest BCUT2D eigenvalue weighted by Crippen LogP contribution is 2.28. The number of amides is 1. The van der Waals surface area contributed by atoms with Gasteiger partial charge in [-0.15, -0.1) is 0 Å². The first-order chi connectivity index (χ1) is 9.56. The van der Waals surface area contributed by atoms with Crippen LogP contribution in [0.2, 0.25) is 0 Å². The van der Waals surface area contributed by atoms with Crippen molar-refractivity contribution in [1.29, 1.82) is 0 Å². The van der Waals surface area contributed by atoms with Crippen LogP contribution in [-0.4, -0.2) is 18.6 Å². The molecule has 3 nitrogen and oxygen atoms in total. The lowest BCUT2D eigenvalue weighted by Crippen LogP contribution is -2.36. The Bertz CT molecular complexity index is 468. The smallest absolute Gasteiger partial charge is 0.258 e. The Balaban J connectivity index is 1.85. The van der Waals surface area contributed by atoms with Crippen molar-refractivity contribution in [3.8, 4) is 5.75 Å². The summed E-state index contributed by atoms with van der Waals surface area (Å²) in [7, 11) is 0. The van der Waals surface area contributed by atoms with E-state index in [1.165, 1.54) is 18.4 Å². The summed E-state index contributed by atoms with van der Waals surface area (Å²) in [5.41, 5.74) is 1.25. The van der Waals surface area contributed by atoms with Gasteiger partial charge in [0.15, 0.2) is 6.61 Å². The number of carbonyl (C=O) groups is 1. The topological polar surface area (TPSA) is 38.3 Å². The van der Waals surface area contributed by atoms with Crippen LogP contribution in [0.3, 0.4) is 0 Å². The highest BCUT2D eigenvalue weighted by molar-refractivity contribution is 9.10. The minimum atomic E-state index is -0.0308. The van der Waals surface area contributed by atoms with Crippen molar-refractivity contribution in [2.45, 2.75) is 51.5 Å². The fraction of sp³-hybridized carbons (Fsp3) is 0.562. The summed E-state index contributed by atoms with van der Waals surface area (Å²) in [5, 5.41) is 3.02. The van der Waals surface area contributed by atoms with Gasteiger partial charge >= 0.3 is 0 Å². The lowest BCUT2D eigenvalue weighted by atomic mass is 10.0. The summed E-state index contributed by atoms with van der Waals surface area (Å²) in [6.45, 7) is 4.38. The van der Waals surface area contributed by atoms with Gasteiger partial charge in [-0.1, -0.05) is 32.8 Å². The molecule has 0 heterocycles. The minimum absolute atomic E-state index is 0.0308. The third kappa shape index (κ3) is 4.23. The quantitative estimate of drug-likeness (QED) is 0.880. The Hall–Kier alpha value is -1.03. The second-order valence-electron chi connectivity index (χ2n) is 5.68. The van der Waals surface area contributed by atoms with Crippen molar-refractivity contribution in [2.75, 3.05) is 6.61 Å². The molecule has 2 rings (SSSR count). The van der Waals surface area contributed by atoms with Crippen molar-refractivity contribution in [1.82, 2.24) is 5.32 Å². The Morgan fingerprint density at radius 1 is 1.40 bits per heavy atom. The molecule has 0 spiro atoms. The van der Waals surface area contributed by atoms with E-state index < -0.39 is 0 Å². The van der Waals surface area contributed by atoms with Crippen LogP contribution < -0.4 is 10.1 Å². The SMILES string of the molecule is CC(C)c1ccc(OCC(=O)NC2CCCC2)c(Br)c1. The van der Waals surface area contributed by atoms with Crippen LogP contribution in [0.1, 0.15) is 51.0 Å². The number of hydrogen-bond donors (Lipinski definition) is 1. The molecule has 1 aliphatic rings. The van der Waals surface area contributed by atoms with Gasteiger partial charge in [0.2, 0.25) is 0 Å².